The van der Waals surface area contributed by atoms with Crippen molar-refractivity contribution in [3.8, 4) is 6.07 Å². The topological polar surface area (TPSA) is 95.1 Å². The summed E-state index contributed by atoms with van der Waals surface area (Å²) >= 11 is 0. The number of hydrogen-bond donors (Lipinski definition) is 0. The van der Waals surface area contributed by atoms with E-state index in [1.165, 1.54) is 23.2 Å². The largest absolute Gasteiger partial charge is 0.366 e. The fraction of sp³-hybridized carbons (Fsp3) is 0.250. The van der Waals surface area contributed by atoms with Gasteiger partial charge in [0, 0.05) is 51.0 Å². The molecule has 1 fully saturated rings. The number of carbonyl (C=O) groups is 1. The molecule has 3 heterocycles. The normalized spacial score (nSPS) is 14.1. The molecule has 0 aliphatic carbocycles. The molecule has 28 heavy (non-hydrogen) atoms. The van der Waals surface area contributed by atoms with Crippen LogP contribution in [0.5, 0.6) is 0 Å². The number of benzene rings is 1. The first-order chi connectivity index (χ1) is 13.6. The molecule has 4 rings (SSSR count). The van der Waals surface area contributed by atoms with Gasteiger partial charge >= 0.3 is 0 Å². The number of fused-ring (bicyclic) bond motifs is 1. The molecule has 1 aliphatic rings. The molecule has 0 bridgehead atoms. The van der Waals surface area contributed by atoms with E-state index < -0.39 is 0 Å². The maximum Gasteiger partial charge on any atom is 0.274 e. The summed E-state index contributed by atoms with van der Waals surface area (Å²) in [5.41, 5.74) is 1.56. The molecule has 0 spiro atoms. The smallest absolute Gasteiger partial charge is 0.274 e. The Balaban J connectivity index is 1.66. The molecule has 3 aromatic rings. The lowest BCUT2D eigenvalue weighted by Gasteiger charge is -2.36. The molecule has 8 nitrogen and oxygen atoms in total. The van der Waals surface area contributed by atoms with E-state index in [4.69, 9.17) is 0 Å². The standard InChI is InChI=1S/C20H18N6O2/c1-24-17-5-3-2-4-14(17)18(15(12-21)19(24)27)25-8-10-26(11-9-25)20(28)16-13-22-6-7-23-16/h2-7,13H,8-11H2,1H3. The summed E-state index contributed by atoms with van der Waals surface area (Å²) in [6.07, 6.45) is 4.48. The van der Waals surface area contributed by atoms with Gasteiger partial charge in [-0.2, -0.15) is 5.26 Å². The van der Waals surface area contributed by atoms with Gasteiger partial charge in [-0.25, -0.2) is 4.98 Å². The van der Waals surface area contributed by atoms with Gasteiger partial charge in [0.25, 0.3) is 11.5 Å². The first kappa shape index (κ1) is 17.7. The highest BCUT2D eigenvalue weighted by Gasteiger charge is 2.27. The molecule has 1 amide bonds. The van der Waals surface area contributed by atoms with Gasteiger partial charge in [-0.15, -0.1) is 0 Å². The average Bonchev–Trinajstić information content (AvgIpc) is 2.76. The van der Waals surface area contributed by atoms with Crippen LogP contribution in [0.4, 0.5) is 5.69 Å². The van der Waals surface area contributed by atoms with Crippen LogP contribution < -0.4 is 10.5 Å². The first-order valence-corrected chi connectivity index (χ1v) is 8.94. The molecule has 1 aromatic carbocycles. The lowest BCUT2D eigenvalue weighted by atomic mass is 10.1. The van der Waals surface area contributed by atoms with Gasteiger partial charge in [0.05, 0.1) is 17.4 Å². The molecular formula is C20H18N6O2. The van der Waals surface area contributed by atoms with Gasteiger partial charge in [0.2, 0.25) is 0 Å². The highest BCUT2D eigenvalue weighted by molar-refractivity contribution is 5.95. The van der Waals surface area contributed by atoms with E-state index in [1.54, 1.807) is 11.9 Å². The summed E-state index contributed by atoms with van der Waals surface area (Å²) in [4.78, 5) is 37.0. The zero-order valence-electron chi connectivity index (χ0n) is 15.4. The number of aryl methyl sites for hydroxylation is 1. The molecule has 8 heteroatoms. The molecule has 1 saturated heterocycles. The third kappa shape index (κ3) is 2.87. The molecule has 0 N–H and O–H groups in total. The van der Waals surface area contributed by atoms with Crippen molar-refractivity contribution in [3.63, 3.8) is 0 Å². The second-order valence-electron chi connectivity index (χ2n) is 6.59. The van der Waals surface area contributed by atoms with Gasteiger partial charge in [0.15, 0.2) is 0 Å². The van der Waals surface area contributed by atoms with Crippen LogP contribution in [0.15, 0.2) is 47.7 Å². The number of piperazine rings is 1. The lowest BCUT2D eigenvalue weighted by molar-refractivity contribution is 0.0740. The van der Waals surface area contributed by atoms with Gasteiger partial charge in [-0.3, -0.25) is 14.6 Å². The summed E-state index contributed by atoms with van der Waals surface area (Å²) < 4.78 is 1.51. The van der Waals surface area contributed by atoms with Crippen molar-refractivity contribution in [3.05, 3.63) is 64.5 Å². The van der Waals surface area contributed by atoms with E-state index in [9.17, 15) is 14.9 Å². The Morgan fingerprint density at radius 3 is 2.57 bits per heavy atom. The summed E-state index contributed by atoms with van der Waals surface area (Å²) in [6, 6.07) is 9.63. The number of nitriles is 1. The fourth-order valence-corrected chi connectivity index (χ4v) is 3.61. The number of nitrogens with zero attached hydrogens (tertiary/aromatic N) is 6. The van der Waals surface area contributed by atoms with Crippen molar-refractivity contribution in [1.82, 2.24) is 19.4 Å². The maximum atomic E-state index is 12.7. The highest BCUT2D eigenvalue weighted by atomic mass is 16.2. The predicted molar refractivity (Wildman–Crippen MR) is 104 cm³/mol. The zero-order valence-corrected chi connectivity index (χ0v) is 15.4. The summed E-state index contributed by atoms with van der Waals surface area (Å²) in [7, 11) is 1.67. The minimum absolute atomic E-state index is 0.134. The molecular weight excluding hydrogens is 356 g/mol. The van der Waals surface area contributed by atoms with Crippen molar-refractivity contribution < 1.29 is 4.79 Å². The van der Waals surface area contributed by atoms with E-state index >= 15 is 0 Å². The molecule has 140 valence electrons. The van der Waals surface area contributed by atoms with Crippen LogP contribution in [0.2, 0.25) is 0 Å². The number of amides is 1. The van der Waals surface area contributed by atoms with Crippen LogP contribution in [0.25, 0.3) is 10.9 Å². The van der Waals surface area contributed by atoms with Gasteiger partial charge in [-0.1, -0.05) is 18.2 Å². The Bertz CT molecular complexity index is 1140. The summed E-state index contributed by atoms with van der Waals surface area (Å²) in [5, 5.41) is 10.5. The van der Waals surface area contributed by atoms with Crippen LogP contribution in [0, 0.1) is 11.3 Å². The number of hydrogen-bond acceptors (Lipinski definition) is 6. The molecule has 1 aliphatic heterocycles. The van der Waals surface area contributed by atoms with Crippen LogP contribution in [-0.4, -0.2) is 51.5 Å². The van der Waals surface area contributed by atoms with E-state index in [-0.39, 0.29) is 17.0 Å². The third-order valence-corrected chi connectivity index (χ3v) is 5.05. The van der Waals surface area contributed by atoms with Crippen LogP contribution in [0.1, 0.15) is 16.1 Å². The Kier molecular flexibility index (Phi) is 4.49. The minimum Gasteiger partial charge on any atom is -0.366 e. The average molecular weight is 374 g/mol. The second-order valence-corrected chi connectivity index (χ2v) is 6.59. The maximum absolute atomic E-state index is 12.7. The Morgan fingerprint density at radius 2 is 1.89 bits per heavy atom. The van der Waals surface area contributed by atoms with Gasteiger partial charge < -0.3 is 14.4 Å². The predicted octanol–water partition coefficient (Wildman–Crippen LogP) is 1.16. The Labute approximate surface area is 161 Å². The van der Waals surface area contributed by atoms with Crippen LogP contribution in [-0.2, 0) is 7.05 Å². The zero-order chi connectivity index (χ0) is 19.7. The van der Waals surface area contributed by atoms with Crippen molar-refractivity contribution in [1.29, 1.82) is 5.26 Å². The Morgan fingerprint density at radius 1 is 1.14 bits per heavy atom. The summed E-state index contributed by atoms with van der Waals surface area (Å²) in [6.45, 7) is 2.00. The van der Waals surface area contributed by atoms with E-state index in [1.807, 2.05) is 29.2 Å². The molecule has 0 saturated carbocycles. The van der Waals surface area contributed by atoms with Crippen LogP contribution >= 0.6 is 0 Å². The third-order valence-electron chi connectivity index (χ3n) is 5.05. The van der Waals surface area contributed by atoms with Crippen molar-refractivity contribution in [2.45, 2.75) is 0 Å². The quantitative estimate of drug-likeness (QED) is 0.668. The van der Waals surface area contributed by atoms with Gasteiger partial charge in [-0.05, 0) is 6.07 Å². The number of rotatable bonds is 2. The van der Waals surface area contributed by atoms with Crippen molar-refractivity contribution in [2.75, 3.05) is 31.1 Å². The first-order valence-electron chi connectivity index (χ1n) is 8.94. The lowest BCUT2D eigenvalue weighted by Crippen LogP contribution is -2.49. The molecule has 0 unspecified atom stereocenters. The highest BCUT2D eigenvalue weighted by Crippen LogP contribution is 2.29. The van der Waals surface area contributed by atoms with E-state index in [0.29, 0.717) is 37.6 Å². The number of carbonyl (C=O) groups excluding carboxylic acids is 1. The molecule has 2 aromatic heterocycles. The minimum atomic E-state index is -0.311. The monoisotopic (exact) mass is 374 g/mol. The van der Waals surface area contributed by atoms with Crippen molar-refractivity contribution >= 4 is 22.5 Å². The van der Waals surface area contributed by atoms with Crippen molar-refractivity contribution in [2.24, 2.45) is 7.05 Å². The number of aromatic nitrogens is 3. The fourth-order valence-electron chi connectivity index (χ4n) is 3.61. The van der Waals surface area contributed by atoms with E-state index in [0.717, 1.165) is 10.9 Å². The van der Waals surface area contributed by atoms with Crippen LogP contribution in [0.3, 0.4) is 0 Å². The van der Waals surface area contributed by atoms with E-state index in [2.05, 4.69) is 16.0 Å². The molecule has 0 radical (unpaired) electrons. The Hall–Kier alpha value is -3.73. The SMILES string of the molecule is Cn1c(=O)c(C#N)c(N2CCN(C(=O)c3cnccn3)CC2)c2ccccc21. The number of para-hydroxylation sites is 1. The second kappa shape index (κ2) is 7.12. The summed E-state index contributed by atoms with van der Waals surface area (Å²) in [5.74, 6) is -0.165. The molecule has 0 atom stereocenters. The number of pyridine rings is 1. The van der Waals surface area contributed by atoms with Gasteiger partial charge in [0.1, 0.15) is 17.3 Å². The number of anilines is 1.